The Labute approximate surface area is 129 Å². The first-order chi connectivity index (χ1) is 10.1. The molecule has 21 heavy (non-hydrogen) atoms. The second-order valence-electron chi connectivity index (χ2n) is 6.36. The summed E-state index contributed by atoms with van der Waals surface area (Å²) < 4.78 is 5.71. The molecule has 0 bridgehead atoms. The van der Waals surface area contributed by atoms with Gasteiger partial charge in [0.15, 0.2) is 0 Å². The molecule has 0 radical (unpaired) electrons. The normalized spacial score (nSPS) is 20.0. The molecule has 0 spiro atoms. The third kappa shape index (κ3) is 4.83. The monoisotopic (exact) mass is 293 g/mol. The molecule has 1 aliphatic rings. The summed E-state index contributed by atoms with van der Waals surface area (Å²) in [6, 6.07) is 3.42. The molecule has 2 heterocycles. The van der Waals surface area contributed by atoms with E-state index < -0.39 is 0 Å². The van der Waals surface area contributed by atoms with E-state index in [0.717, 1.165) is 38.0 Å². The van der Waals surface area contributed by atoms with E-state index >= 15 is 0 Å². The summed E-state index contributed by atoms with van der Waals surface area (Å²) in [5, 5.41) is 3.43. The highest BCUT2D eigenvalue weighted by atomic mass is 16.3. The average Bonchev–Trinajstić information content (AvgIpc) is 3.08. The zero-order valence-corrected chi connectivity index (χ0v) is 14.1. The average molecular weight is 293 g/mol. The smallest absolute Gasteiger partial charge is 0.118 e. The minimum absolute atomic E-state index is 0.511. The van der Waals surface area contributed by atoms with E-state index in [4.69, 9.17) is 4.42 Å². The van der Waals surface area contributed by atoms with E-state index in [1.807, 2.05) is 6.26 Å². The topological polar surface area (TPSA) is 31.6 Å². The Kier molecular flexibility index (Phi) is 6.27. The van der Waals surface area contributed by atoms with Gasteiger partial charge in [-0.15, -0.1) is 0 Å². The summed E-state index contributed by atoms with van der Waals surface area (Å²) >= 11 is 0. The SMILES string of the molecule is CCN(CC)C1CCN(Cc2cc(CNC(C)C)co2)C1. The molecule has 0 aliphatic carbocycles. The number of hydrogen-bond donors (Lipinski definition) is 1. The van der Waals surface area contributed by atoms with E-state index in [2.05, 4.69) is 48.9 Å². The second kappa shape index (κ2) is 7.97. The number of furan rings is 1. The molecule has 120 valence electrons. The Morgan fingerprint density at radius 1 is 1.38 bits per heavy atom. The number of rotatable bonds is 8. The van der Waals surface area contributed by atoms with Crippen LogP contribution in [0.5, 0.6) is 0 Å². The van der Waals surface area contributed by atoms with Crippen molar-refractivity contribution in [1.82, 2.24) is 15.1 Å². The highest BCUT2D eigenvalue weighted by Crippen LogP contribution is 2.19. The molecule has 0 saturated carbocycles. The molecule has 2 rings (SSSR count). The van der Waals surface area contributed by atoms with E-state index in [-0.39, 0.29) is 0 Å². The van der Waals surface area contributed by atoms with Gasteiger partial charge in [-0.1, -0.05) is 27.7 Å². The fourth-order valence-electron chi connectivity index (χ4n) is 3.14. The van der Waals surface area contributed by atoms with Crippen LogP contribution in [-0.2, 0) is 13.1 Å². The van der Waals surface area contributed by atoms with E-state index in [1.165, 1.54) is 25.1 Å². The van der Waals surface area contributed by atoms with Crippen LogP contribution in [0.25, 0.3) is 0 Å². The Hall–Kier alpha value is -0.840. The fourth-order valence-corrected chi connectivity index (χ4v) is 3.14. The van der Waals surface area contributed by atoms with Crippen molar-refractivity contribution in [2.45, 2.75) is 59.3 Å². The van der Waals surface area contributed by atoms with Crippen LogP contribution in [0.2, 0.25) is 0 Å². The minimum atomic E-state index is 0.511. The summed E-state index contributed by atoms with van der Waals surface area (Å²) in [6.07, 6.45) is 3.17. The summed E-state index contributed by atoms with van der Waals surface area (Å²) in [7, 11) is 0. The quantitative estimate of drug-likeness (QED) is 0.798. The molecule has 1 aliphatic heterocycles. The lowest BCUT2D eigenvalue weighted by Crippen LogP contribution is -2.37. The molecular formula is C17H31N3O. The lowest BCUT2D eigenvalue weighted by Gasteiger charge is -2.26. The Morgan fingerprint density at radius 3 is 2.81 bits per heavy atom. The van der Waals surface area contributed by atoms with Crippen LogP contribution in [0.1, 0.15) is 45.4 Å². The summed E-state index contributed by atoms with van der Waals surface area (Å²) in [5.74, 6) is 1.09. The maximum Gasteiger partial charge on any atom is 0.118 e. The van der Waals surface area contributed by atoms with Crippen molar-refractivity contribution in [1.29, 1.82) is 0 Å². The molecule has 0 amide bonds. The van der Waals surface area contributed by atoms with Crippen LogP contribution < -0.4 is 5.32 Å². The molecule has 1 aromatic heterocycles. The summed E-state index contributed by atoms with van der Waals surface area (Å²) in [5.41, 5.74) is 1.25. The molecule has 4 heteroatoms. The molecule has 4 nitrogen and oxygen atoms in total. The maximum atomic E-state index is 5.71. The molecule has 1 atom stereocenters. The maximum absolute atomic E-state index is 5.71. The second-order valence-corrected chi connectivity index (χ2v) is 6.36. The molecule has 1 aromatic rings. The van der Waals surface area contributed by atoms with Crippen LogP contribution in [0.3, 0.4) is 0 Å². The Balaban J connectivity index is 1.80. The first-order valence-electron chi connectivity index (χ1n) is 8.38. The van der Waals surface area contributed by atoms with Crippen LogP contribution in [-0.4, -0.2) is 48.1 Å². The number of hydrogen-bond acceptors (Lipinski definition) is 4. The van der Waals surface area contributed by atoms with Gasteiger partial charge in [0.1, 0.15) is 5.76 Å². The van der Waals surface area contributed by atoms with Crippen molar-refractivity contribution >= 4 is 0 Å². The van der Waals surface area contributed by atoms with Crippen molar-refractivity contribution in [2.75, 3.05) is 26.2 Å². The zero-order valence-electron chi connectivity index (χ0n) is 14.1. The van der Waals surface area contributed by atoms with Crippen molar-refractivity contribution in [3.05, 3.63) is 23.7 Å². The molecule has 0 aromatic carbocycles. The minimum Gasteiger partial charge on any atom is -0.468 e. The molecule has 1 saturated heterocycles. The van der Waals surface area contributed by atoms with Gasteiger partial charge < -0.3 is 9.73 Å². The lowest BCUT2D eigenvalue weighted by molar-refractivity contribution is 0.205. The molecular weight excluding hydrogens is 262 g/mol. The van der Waals surface area contributed by atoms with Gasteiger partial charge in [-0.25, -0.2) is 0 Å². The van der Waals surface area contributed by atoms with Crippen LogP contribution in [0, 0.1) is 0 Å². The number of nitrogens with zero attached hydrogens (tertiary/aromatic N) is 2. The zero-order chi connectivity index (χ0) is 15.2. The molecule has 1 unspecified atom stereocenters. The largest absolute Gasteiger partial charge is 0.468 e. The predicted molar refractivity (Wildman–Crippen MR) is 87.3 cm³/mol. The van der Waals surface area contributed by atoms with Crippen molar-refractivity contribution in [2.24, 2.45) is 0 Å². The first kappa shape index (κ1) is 16.5. The fraction of sp³-hybridized carbons (Fsp3) is 0.765. The van der Waals surface area contributed by atoms with Gasteiger partial charge in [-0.2, -0.15) is 0 Å². The summed E-state index contributed by atoms with van der Waals surface area (Å²) in [6.45, 7) is 15.3. The third-order valence-corrected chi connectivity index (χ3v) is 4.38. The highest BCUT2D eigenvalue weighted by molar-refractivity contribution is 5.13. The van der Waals surface area contributed by atoms with Gasteiger partial charge in [0, 0.05) is 37.3 Å². The molecule has 1 N–H and O–H groups in total. The van der Waals surface area contributed by atoms with Crippen molar-refractivity contribution in [3.8, 4) is 0 Å². The van der Waals surface area contributed by atoms with Gasteiger partial charge in [0.05, 0.1) is 12.8 Å². The predicted octanol–water partition coefficient (Wildman–Crippen LogP) is 2.69. The van der Waals surface area contributed by atoms with Crippen LogP contribution in [0.15, 0.2) is 16.7 Å². The van der Waals surface area contributed by atoms with E-state index in [0.29, 0.717) is 6.04 Å². The first-order valence-corrected chi connectivity index (χ1v) is 8.38. The van der Waals surface area contributed by atoms with Gasteiger partial charge in [-0.3, -0.25) is 9.80 Å². The van der Waals surface area contributed by atoms with Crippen molar-refractivity contribution < 1.29 is 4.42 Å². The number of likely N-dealkylation sites (N-methyl/N-ethyl adjacent to an activating group) is 1. The van der Waals surface area contributed by atoms with E-state index in [1.54, 1.807) is 0 Å². The lowest BCUT2D eigenvalue weighted by atomic mass is 10.2. The molecule has 1 fully saturated rings. The summed E-state index contributed by atoms with van der Waals surface area (Å²) in [4.78, 5) is 5.08. The third-order valence-electron chi connectivity index (χ3n) is 4.38. The van der Waals surface area contributed by atoms with Crippen molar-refractivity contribution in [3.63, 3.8) is 0 Å². The standard InChI is InChI=1S/C17H31N3O/c1-5-20(6-2)16-7-8-19(11-16)12-17-9-15(13-21-17)10-18-14(3)4/h9,13-14,16,18H,5-8,10-12H2,1-4H3. The van der Waals surface area contributed by atoms with Crippen LogP contribution >= 0.6 is 0 Å². The van der Waals surface area contributed by atoms with Gasteiger partial charge in [0.25, 0.3) is 0 Å². The van der Waals surface area contributed by atoms with E-state index in [9.17, 15) is 0 Å². The highest BCUT2D eigenvalue weighted by Gasteiger charge is 2.26. The Morgan fingerprint density at radius 2 is 2.14 bits per heavy atom. The van der Waals surface area contributed by atoms with Crippen LogP contribution in [0.4, 0.5) is 0 Å². The Bertz CT molecular complexity index is 412. The number of likely N-dealkylation sites (tertiary alicyclic amines) is 1. The number of nitrogens with one attached hydrogen (secondary N) is 1. The van der Waals surface area contributed by atoms with Gasteiger partial charge in [0.2, 0.25) is 0 Å². The van der Waals surface area contributed by atoms with Gasteiger partial charge in [-0.05, 0) is 25.6 Å². The van der Waals surface area contributed by atoms with Gasteiger partial charge >= 0.3 is 0 Å².